The summed E-state index contributed by atoms with van der Waals surface area (Å²) in [5, 5.41) is 9.82. The molecule has 3 heteroatoms. The first-order valence-corrected chi connectivity index (χ1v) is 5.22. The Morgan fingerprint density at radius 2 is 2.07 bits per heavy atom. The fourth-order valence-corrected chi connectivity index (χ4v) is 2.17. The van der Waals surface area contributed by atoms with E-state index in [1.54, 1.807) is 6.92 Å². The Hall–Kier alpha value is -1.09. The summed E-state index contributed by atoms with van der Waals surface area (Å²) < 4.78 is 13.4. The molecule has 1 saturated carbocycles. The Balaban J connectivity index is 2.49. The number of phenols is 1. The Morgan fingerprint density at radius 1 is 1.47 bits per heavy atom. The van der Waals surface area contributed by atoms with Gasteiger partial charge in [-0.05, 0) is 44.4 Å². The first kappa shape index (κ1) is 10.4. The summed E-state index contributed by atoms with van der Waals surface area (Å²) in [5.41, 5.74) is 6.83. The van der Waals surface area contributed by atoms with E-state index in [-0.39, 0.29) is 23.0 Å². The highest BCUT2D eigenvalue weighted by Gasteiger charge is 2.49. The van der Waals surface area contributed by atoms with Crippen molar-refractivity contribution in [3.8, 4) is 5.75 Å². The van der Waals surface area contributed by atoms with Gasteiger partial charge < -0.3 is 10.8 Å². The summed E-state index contributed by atoms with van der Waals surface area (Å²) in [6.45, 7) is 3.55. The molecule has 2 rings (SSSR count). The van der Waals surface area contributed by atoms with Gasteiger partial charge in [0, 0.05) is 17.0 Å². The molecule has 2 nitrogen and oxygen atoms in total. The second-order valence-electron chi connectivity index (χ2n) is 4.56. The van der Waals surface area contributed by atoms with Gasteiger partial charge in [-0.2, -0.15) is 0 Å². The summed E-state index contributed by atoms with van der Waals surface area (Å²) in [4.78, 5) is 0. The fourth-order valence-electron chi connectivity index (χ4n) is 2.17. The summed E-state index contributed by atoms with van der Waals surface area (Å²) in [6.07, 6.45) is 1.86. The third-order valence-electron chi connectivity index (χ3n) is 3.47. The van der Waals surface area contributed by atoms with Crippen molar-refractivity contribution in [3.63, 3.8) is 0 Å². The minimum atomic E-state index is -0.269. The van der Waals surface area contributed by atoms with Crippen LogP contribution in [0.2, 0.25) is 0 Å². The van der Waals surface area contributed by atoms with Crippen molar-refractivity contribution in [2.75, 3.05) is 0 Å². The third-order valence-corrected chi connectivity index (χ3v) is 3.47. The molecule has 1 aliphatic rings. The number of aryl methyl sites for hydroxylation is 1. The smallest absolute Gasteiger partial charge is 0.126 e. The number of nitrogens with two attached hydrogens (primary N) is 1. The highest BCUT2D eigenvalue weighted by molar-refractivity contribution is 5.46. The molecule has 0 bridgehead atoms. The van der Waals surface area contributed by atoms with E-state index in [0.717, 1.165) is 12.8 Å². The maximum Gasteiger partial charge on any atom is 0.126 e. The van der Waals surface area contributed by atoms with Crippen molar-refractivity contribution < 1.29 is 9.50 Å². The van der Waals surface area contributed by atoms with Crippen LogP contribution in [0.25, 0.3) is 0 Å². The van der Waals surface area contributed by atoms with Gasteiger partial charge in [0.25, 0.3) is 0 Å². The van der Waals surface area contributed by atoms with Crippen molar-refractivity contribution in [2.45, 2.75) is 38.1 Å². The van der Waals surface area contributed by atoms with E-state index < -0.39 is 0 Å². The van der Waals surface area contributed by atoms with Crippen molar-refractivity contribution in [1.29, 1.82) is 0 Å². The van der Waals surface area contributed by atoms with Gasteiger partial charge >= 0.3 is 0 Å². The molecule has 0 aromatic heterocycles. The number of hydrogen-bond donors (Lipinski definition) is 2. The van der Waals surface area contributed by atoms with E-state index in [4.69, 9.17) is 5.73 Å². The molecule has 1 unspecified atom stereocenters. The summed E-state index contributed by atoms with van der Waals surface area (Å²) in [5.74, 6) is -0.0987. The van der Waals surface area contributed by atoms with E-state index in [1.165, 1.54) is 12.1 Å². The minimum absolute atomic E-state index is 0.0505. The van der Waals surface area contributed by atoms with Crippen molar-refractivity contribution in [2.24, 2.45) is 5.73 Å². The molecule has 0 amide bonds. The zero-order chi connectivity index (χ0) is 11.2. The average molecular weight is 209 g/mol. The lowest BCUT2D eigenvalue weighted by molar-refractivity contribution is 0.442. The van der Waals surface area contributed by atoms with Crippen LogP contribution < -0.4 is 5.73 Å². The van der Waals surface area contributed by atoms with Crippen molar-refractivity contribution >= 4 is 0 Å². The Kier molecular flexibility index (Phi) is 2.23. The standard InChI is InChI=1S/C12H16FNO/c1-7-5-11(15)9(6-10(7)13)12(3-4-12)8(2)14/h5-6,8,15H,3-4,14H2,1-2H3. The SMILES string of the molecule is Cc1cc(O)c(C2(C(C)N)CC2)cc1F. The molecule has 1 fully saturated rings. The molecule has 0 aliphatic heterocycles. The molecule has 0 spiro atoms. The molecule has 1 aromatic carbocycles. The number of phenolic OH excluding ortho intramolecular Hbond substituents is 1. The average Bonchev–Trinajstić information content (AvgIpc) is 2.92. The second kappa shape index (κ2) is 3.20. The second-order valence-corrected chi connectivity index (χ2v) is 4.56. The molecule has 1 atom stereocenters. The van der Waals surface area contributed by atoms with Gasteiger partial charge in [0.05, 0.1) is 0 Å². The van der Waals surface area contributed by atoms with Gasteiger partial charge in [-0.15, -0.1) is 0 Å². The topological polar surface area (TPSA) is 46.2 Å². The van der Waals surface area contributed by atoms with Crippen LogP contribution in [-0.4, -0.2) is 11.1 Å². The van der Waals surface area contributed by atoms with Crippen LogP contribution in [0.15, 0.2) is 12.1 Å². The lowest BCUT2D eigenvalue weighted by atomic mass is 9.88. The predicted molar refractivity (Wildman–Crippen MR) is 57.4 cm³/mol. The highest BCUT2D eigenvalue weighted by Crippen LogP contribution is 2.53. The maximum absolute atomic E-state index is 13.4. The van der Waals surface area contributed by atoms with Gasteiger partial charge in [0.1, 0.15) is 11.6 Å². The minimum Gasteiger partial charge on any atom is -0.508 e. The van der Waals surface area contributed by atoms with Gasteiger partial charge in [0.15, 0.2) is 0 Å². The predicted octanol–water partition coefficient (Wildman–Crippen LogP) is 2.22. The molecular formula is C12H16FNO. The van der Waals surface area contributed by atoms with Crippen LogP contribution in [0.5, 0.6) is 5.75 Å². The van der Waals surface area contributed by atoms with E-state index in [9.17, 15) is 9.50 Å². The Bertz CT molecular complexity index is 397. The molecule has 82 valence electrons. The fraction of sp³-hybridized carbons (Fsp3) is 0.500. The third kappa shape index (κ3) is 1.51. The lowest BCUT2D eigenvalue weighted by Crippen LogP contribution is -2.31. The molecule has 3 N–H and O–H groups in total. The van der Waals surface area contributed by atoms with Gasteiger partial charge in [-0.3, -0.25) is 0 Å². The van der Waals surface area contributed by atoms with Crippen molar-refractivity contribution in [3.05, 3.63) is 29.1 Å². The Morgan fingerprint density at radius 3 is 2.53 bits per heavy atom. The van der Waals surface area contributed by atoms with Crippen LogP contribution in [0.1, 0.15) is 30.9 Å². The van der Waals surface area contributed by atoms with E-state index in [2.05, 4.69) is 0 Å². The van der Waals surface area contributed by atoms with Gasteiger partial charge in [-0.1, -0.05) is 0 Å². The summed E-state index contributed by atoms with van der Waals surface area (Å²) in [6, 6.07) is 2.86. The van der Waals surface area contributed by atoms with E-state index in [1.807, 2.05) is 6.92 Å². The molecule has 15 heavy (non-hydrogen) atoms. The van der Waals surface area contributed by atoms with Crippen LogP contribution >= 0.6 is 0 Å². The number of rotatable bonds is 2. The molecule has 0 saturated heterocycles. The summed E-state index contributed by atoms with van der Waals surface area (Å²) in [7, 11) is 0. The number of halogens is 1. The van der Waals surface area contributed by atoms with E-state index in [0.29, 0.717) is 11.1 Å². The number of hydrogen-bond acceptors (Lipinski definition) is 2. The van der Waals surface area contributed by atoms with Crippen LogP contribution in [-0.2, 0) is 5.41 Å². The zero-order valence-corrected chi connectivity index (χ0v) is 9.05. The normalized spacial score (nSPS) is 20.0. The first-order chi connectivity index (χ1) is 6.97. The van der Waals surface area contributed by atoms with Crippen LogP contribution in [0, 0.1) is 12.7 Å². The molecule has 1 aliphatic carbocycles. The maximum atomic E-state index is 13.4. The van der Waals surface area contributed by atoms with Crippen molar-refractivity contribution in [1.82, 2.24) is 0 Å². The van der Waals surface area contributed by atoms with Gasteiger partial charge in [-0.25, -0.2) is 4.39 Å². The molecule has 1 aromatic rings. The quantitative estimate of drug-likeness (QED) is 0.784. The number of benzene rings is 1. The number of aromatic hydroxyl groups is 1. The van der Waals surface area contributed by atoms with Gasteiger partial charge in [0.2, 0.25) is 0 Å². The summed E-state index contributed by atoms with van der Waals surface area (Å²) >= 11 is 0. The molecule has 0 radical (unpaired) electrons. The lowest BCUT2D eigenvalue weighted by Gasteiger charge is -2.21. The monoisotopic (exact) mass is 209 g/mol. The van der Waals surface area contributed by atoms with Crippen LogP contribution in [0.3, 0.4) is 0 Å². The van der Waals surface area contributed by atoms with Crippen LogP contribution in [0.4, 0.5) is 4.39 Å². The highest BCUT2D eigenvalue weighted by atomic mass is 19.1. The largest absolute Gasteiger partial charge is 0.508 e. The van der Waals surface area contributed by atoms with E-state index >= 15 is 0 Å². The first-order valence-electron chi connectivity index (χ1n) is 5.22. The zero-order valence-electron chi connectivity index (χ0n) is 9.05. The Labute approximate surface area is 88.9 Å². The molecule has 0 heterocycles. The molecular weight excluding hydrogens is 193 g/mol.